The Hall–Kier alpha value is -1.09. The molecule has 0 saturated heterocycles. The molecular weight excluding hydrogens is 229 g/mol. The van der Waals surface area contributed by atoms with Crippen LogP contribution in [0.5, 0.6) is 0 Å². The van der Waals surface area contributed by atoms with Crippen molar-refractivity contribution in [1.29, 1.82) is 0 Å². The second-order valence-corrected chi connectivity index (χ2v) is 5.10. The van der Waals surface area contributed by atoms with Crippen molar-refractivity contribution in [3.63, 3.8) is 0 Å². The van der Waals surface area contributed by atoms with Crippen LogP contribution in [0.2, 0.25) is 0 Å². The van der Waals surface area contributed by atoms with Crippen molar-refractivity contribution in [2.75, 3.05) is 11.4 Å². The third kappa shape index (κ3) is 2.66. The Kier molecular flexibility index (Phi) is 4.23. The SMILES string of the molecule is CCN(c1ccc(F)cc1[C@@H](C)O)C1CCCC1. The Labute approximate surface area is 108 Å². The van der Waals surface area contributed by atoms with Gasteiger partial charge < -0.3 is 10.0 Å². The molecule has 0 heterocycles. The van der Waals surface area contributed by atoms with E-state index in [1.807, 2.05) is 0 Å². The van der Waals surface area contributed by atoms with Crippen molar-refractivity contribution in [3.8, 4) is 0 Å². The molecule has 0 aromatic heterocycles. The molecule has 0 spiro atoms. The summed E-state index contributed by atoms with van der Waals surface area (Å²) in [6, 6.07) is 5.29. The van der Waals surface area contributed by atoms with E-state index in [0.29, 0.717) is 11.6 Å². The summed E-state index contributed by atoms with van der Waals surface area (Å²) in [5, 5.41) is 9.82. The number of anilines is 1. The second-order valence-electron chi connectivity index (χ2n) is 5.10. The Morgan fingerprint density at radius 1 is 1.39 bits per heavy atom. The lowest BCUT2D eigenvalue weighted by Gasteiger charge is -2.32. The maximum atomic E-state index is 13.3. The molecule has 1 aromatic carbocycles. The summed E-state index contributed by atoms with van der Waals surface area (Å²) in [6.07, 6.45) is 4.30. The molecule has 0 unspecified atom stereocenters. The van der Waals surface area contributed by atoms with E-state index in [2.05, 4.69) is 11.8 Å². The van der Waals surface area contributed by atoms with Crippen molar-refractivity contribution in [2.24, 2.45) is 0 Å². The zero-order valence-electron chi connectivity index (χ0n) is 11.2. The monoisotopic (exact) mass is 251 g/mol. The van der Waals surface area contributed by atoms with Gasteiger partial charge in [0, 0.05) is 23.8 Å². The fourth-order valence-electron chi connectivity index (χ4n) is 2.96. The molecule has 2 nitrogen and oxygen atoms in total. The minimum atomic E-state index is -0.633. The van der Waals surface area contributed by atoms with E-state index >= 15 is 0 Å². The smallest absolute Gasteiger partial charge is 0.123 e. The van der Waals surface area contributed by atoms with Gasteiger partial charge in [0.2, 0.25) is 0 Å². The molecule has 0 aliphatic heterocycles. The van der Waals surface area contributed by atoms with Crippen LogP contribution in [0.25, 0.3) is 0 Å². The maximum absolute atomic E-state index is 13.3. The van der Waals surface area contributed by atoms with Gasteiger partial charge in [0.25, 0.3) is 0 Å². The maximum Gasteiger partial charge on any atom is 0.123 e. The Balaban J connectivity index is 2.34. The van der Waals surface area contributed by atoms with Crippen molar-refractivity contribution in [3.05, 3.63) is 29.6 Å². The van der Waals surface area contributed by atoms with Crippen molar-refractivity contribution < 1.29 is 9.50 Å². The van der Waals surface area contributed by atoms with Crippen LogP contribution in [0.3, 0.4) is 0 Å². The molecule has 18 heavy (non-hydrogen) atoms. The van der Waals surface area contributed by atoms with E-state index in [9.17, 15) is 9.50 Å². The fraction of sp³-hybridized carbons (Fsp3) is 0.600. The number of aliphatic hydroxyl groups is 1. The summed E-state index contributed by atoms with van der Waals surface area (Å²) in [6.45, 7) is 4.71. The topological polar surface area (TPSA) is 23.5 Å². The molecule has 0 radical (unpaired) electrons. The summed E-state index contributed by atoms with van der Waals surface area (Å²) in [7, 11) is 0. The fourth-order valence-corrected chi connectivity index (χ4v) is 2.96. The van der Waals surface area contributed by atoms with Crippen LogP contribution in [0.15, 0.2) is 18.2 Å². The highest BCUT2D eigenvalue weighted by Gasteiger charge is 2.24. The summed E-state index contributed by atoms with van der Waals surface area (Å²) < 4.78 is 13.3. The number of rotatable bonds is 4. The van der Waals surface area contributed by atoms with Crippen LogP contribution in [0.4, 0.5) is 10.1 Å². The first kappa shape index (κ1) is 13.3. The highest BCUT2D eigenvalue weighted by atomic mass is 19.1. The first-order valence-corrected chi connectivity index (χ1v) is 6.87. The molecule has 1 saturated carbocycles. The molecule has 1 aliphatic carbocycles. The van der Waals surface area contributed by atoms with Crippen LogP contribution < -0.4 is 4.90 Å². The summed E-state index contributed by atoms with van der Waals surface area (Å²) >= 11 is 0. The average molecular weight is 251 g/mol. The predicted octanol–water partition coefficient (Wildman–Crippen LogP) is 3.65. The summed E-state index contributed by atoms with van der Waals surface area (Å²) in [5.41, 5.74) is 1.68. The quantitative estimate of drug-likeness (QED) is 0.883. The van der Waals surface area contributed by atoms with Gasteiger partial charge in [0.05, 0.1) is 6.10 Å². The van der Waals surface area contributed by atoms with Gasteiger partial charge in [0.15, 0.2) is 0 Å². The van der Waals surface area contributed by atoms with Gasteiger partial charge >= 0.3 is 0 Å². The van der Waals surface area contributed by atoms with Crippen LogP contribution in [0, 0.1) is 5.82 Å². The number of benzene rings is 1. The molecule has 1 atom stereocenters. The minimum Gasteiger partial charge on any atom is -0.389 e. The first-order valence-electron chi connectivity index (χ1n) is 6.87. The van der Waals surface area contributed by atoms with E-state index in [1.165, 1.54) is 37.8 Å². The molecule has 2 rings (SSSR count). The molecular formula is C15H22FNO. The van der Waals surface area contributed by atoms with Crippen LogP contribution in [-0.2, 0) is 0 Å². The minimum absolute atomic E-state index is 0.280. The van der Waals surface area contributed by atoms with Crippen molar-refractivity contribution in [1.82, 2.24) is 0 Å². The highest BCUT2D eigenvalue weighted by Crippen LogP contribution is 2.33. The predicted molar refractivity (Wildman–Crippen MR) is 72.3 cm³/mol. The lowest BCUT2D eigenvalue weighted by Crippen LogP contribution is -2.34. The third-order valence-electron chi connectivity index (χ3n) is 3.86. The van der Waals surface area contributed by atoms with Gasteiger partial charge in [-0.2, -0.15) is 0 Å². The molecule has 3 heteroatoms. The van der Waals surface area contributed by atoms with E-state index in [1.54, 1.807) is 13.0 Å². The van der Waals surface area contributed by atoms with Gasteiger partial charge in [-0.15, -0.1) is 0 Å². The number of hydrogen-bond acceptors (Lipinski definition) is 2. The van der Waals surface area contributed by atoms with Gasteiger partial charge in [-0.3, -0.25) is 0 Å². The average Bonchev–Trinajstić information content (AvgIpc) is 2.85. The van der Waals surface area contributed by atoms with Crippen LogP contribution in [-0.4, -0.2) is 17.7 Å². The number of aliphatic hydroxyl groups excluding tert-OH is 1. The Morgan fingerprint density at radius 3 is 2.61 bits per heavy atom. The zero-order valence-corrected chi connectivity index (χ0v) is 11.2. The standard InChI is InChI=1S/C15H22FNO/c1-3-17(13-6-4-5-7-13)15-9-8-12(16)10-14(15)11(2)18/h8-11,13,18H,3-7H2,1-2H3/t11-/m1/s1. The number of nitrogens with zero attached hydrogens (tertiary/aromatic N) is 1. The van der Waals surface area contributed by atoms with Gasteiger partial charge in [-0.05, 0) is 44.9 Å². The molecule has 0 bridgehead atoms. The van der Waals surface area contributed by atoms with Gasteiger partial charge in [-0.1, -0.05) is 12.8 Å². The molecule has 0 amide bonds. The lowest BCUT2D eigenvalue weighted by molar-refractivity contribution is 0.199. The lowest BCUT2D eigenvalue weighted by atomic mass is 10.0. The zero-order chi connectivity index (χ0) is 13.1. The van der Waals surface area contributed by atoms with E-state index in [-0.39, 0.29) is 5.82 Å². The normalized spacial score (nSPS) is 18.0. The van der Waals surface area contributed by atoms with Crippen molar-refractivity contribution in [2.45, 2.75) is 51.7 Å². The highest BCUT2D eigenvalue weighted by molar-refractivity contribution is 5.55. The molecule has 1 aromatic rings. The Morgan fingerprint density at radius 2 is 2.06 bits per heavy atom. The second kappa shape index (κ2) is 5.70. The van der Waals surface area contributed by atoms with Gasteiger partial charge in [-0.25, -0.2) is 4.39 Å². The van der Waals surface area contributed by atoms with E-state index < -0.39 is 6.10 Å². The molecule has 100 valence electrons. The molecule has 1 aliphatic rings. The van der Waals surface area contributed by atoms with E-state index in [0.717, 1.165) is 12.2 Å². The number of halogens is 1. The summed E-state index contributed by atoms with van der Waals surface area (Å²) in [4.78, 5) is 2.31. The van der Waals surface area contributed by atoms with Crippen LogP contribution in [0.1, 0.15) is 51.2 Å². The molecule has 1 N–H and O–H groups in total. The number of hydrogen-bond donors (Lipinski definition) is 1. The Bertz CT molecular complexity index is 399. The molecule has 1 fully saturated rings. The van der Waals surface area contributed by atoms with E-state index in [4.69, 9.17) is 0 Å². The largest absolute Gasteiger partial charge is 0.389 e. The third-order valence-corrected chi connectivity index (χ3v) is 3.86. The van der Waals surface area contributed by atoms with Crippen LogP contribution >= 0.6 is 0 Å². The first-order chi connectivity index (χ1) is 8.63. The van der Waals surface area contributed by atoms with Gasteiger partial charge in [0.1, 0.15) is 5.82 Å². The van der Waals surface area contributed by atoms with Crippen molar-refractivity contribution >= 4 is 5.69 Å². The summed E-state index contributed by atoms with van der Waals surface area (Å²) in [5.74, 6) is -0.280.